The number of benzene rings is 1. The highest BCUT2D eigenvalue weighted by atomic mass is 19.1. The zero-order chi connectivity index (χ0) is 19.1. The Kier molecular flexibility index (Phi) is 5.48. The molecule has 3 aromatic rings. The molecule has 0 spiro atoms. The summed E-state index contributed by atoms with van der Waals surface area (Å²) < 4.78 is 13.7. The summed E-state index contributed by atoms with van der Waals surface area (Å²) in [4.78, 5) is 18.1. The van der Waals surface area contributed by atoms with Crippen LogP contribution in [0, 0.1) is 15.9 Å². The first-order valence-electron chi connectivity index (χ1n) is 7.65. The average molecular weight is 365 g/mol. The van der Waals surface area contributed by atoms with Gasteiger partial charge in [-0.25, -0.2) is 9.37 Å². The van der Waals surface area contributed by atoms with E-state index in [4.69, 9.17) is 0 Å². The van der Waals surface area contributed by atoms with Crippen LogP contribution in [0.25, 0.3) is 0 Å². The van der Waals surface area contributed by atoms with E-state index in [1.807, 2.05) is 0 Å². The molecule has 0 unspecified atom stereocenters. The van der Waals surface area contributed by atoms with Gasteiger partial charge in [0, 0.05) is 12.3 Å². The van der Waals surface area contributed by atoms with Crippen LogP contribution in [0.3, 0.4) is 0 Å². The number of amidine groups is 1. The molecule has 0 fully saturated rings. The maximum absolute atomic E-state index is 13.7. The van der Waals surface area contributed by atoms with E-state index in [0.29, 0.717) is 5.69 Å². The summed E-state index contributed by atoms with van der Waals surface area (Å²) >= 11 is 0. The standard InChI is InChI=1S/C17H12FN7O2/c18-13-5-1-2-6-14(13)21-23-17(15-7-3-4-10-19-15)24-22-16-9-8-12(11-20-16)25(26)27/h1-11,21H. The van der Waals surface area contributed by atoms with Crippen molar-refractivity contribution in [2.45, 2.75) is 0 Å². The number of aromatic nitrogens is 2. The summed E-state index contributed by atoms with van der Waals surface area (Å²) in [6.07, 6.45) is 2.62. The maximum atomic E-state index is 13.7. The van der Waals surface area contributed by atoms with Crippen molar-refractivity contribution in [1.29, 1.82) is 0 Å². The number of hydrogen-bond acceptors (Lipinski definition) is 7. The van der Waals surface area contributed by atoms with Crippen molar-refractivity contribution >= 4 is 23.0 Å². The number of azo groups is 1. The molecule has 0 aliphatic rings. The first-order chi connectivity index (χ1) is 13.1. The monoisotopic (exact) mass is 365 g/mol. The van der Waals surface area contributed by atoms with Gasteiger partial charge in [-0.3, -0.25) is 20.5 Å². The lowest BCUT2D eigenvalue weighted by Crippen LogP contribution is -2.04. The van der Waals surface area contributed by atoms with Gasteiger partial charge in [0.25, 0.3) is 5.69 Å². The number of halogens is 1. The highest BCUT2D eigenvalue weighted by Crippen LogP contribution is 2.16. The third kappa shape index (κ3) is 4.72. The predicted octanol–water partition coefficient (Wildman–Crippen LogP) is 4.08. The Morgan fingerprint density at radius 2 is 1.89 bits per heavy atom. The Balaban J connectivity index is 1.87. The van der Waals surface area contributed by atoms with Crippen LogP contribution >= 0.6 is 0 Å². The first-order valence-corrected chi connectivity index (χ1v) is 7.65. The van der Waals surface area contributed by atoms with E-state index in [0.717, 1.165) is 6.20 Å². The average Bonchev–Trinajstić information content (AvgIpc) is 2.70. The molecule has 2 aromatic heterocycles. The van der Waals surface area contributed by atoms with E-state index < -0.39 is 10.7 Å². The third-order valence-corrected chi connectivity index (χ3v) is 3.24. The van der Waals surface area contributed by atoms with Gasteiger partial charge in [0.1, 0.15) is 17.7 Å². The van der Waals surface area contributed by atoms with Crippen molar-refractivity contribution in [2.24, 2.45) is 15.3 Å². The van der Waals surface area contributed by atoms with E-state index in [2.05, 4.69) is 30.7 Å². The number of nitro groups is 1. The summed E-state index contributed by atoms with van der Waals surface area (Å²) in [6, 6.07) is 13.8. The second kappa shape index (κ2) is 8.34. The topological polar surface area (TPSA) is 118 Å². The summed E-state index contributed by atoms with van der Waals surface area (Å²) in [7, 11) is 0. The van der Waals surface area contributed by atoms with Gasteiger partial charge in [0.05, 0.1) is 10.6 Å². The third-order valence-electron chi connectivity index (χ3n) is 3.24. The van der Waals surface area contributed by atoms with Crippen LogP contribution in [0.5, 0.6) is 0 Å². The van der Waals surface area contributed by atoms with Gasteiger partial charge in [-0.1, -0.05) is 18.2 Å². The van der Waals surface area contributed by atoms with Crippen LogP contribution in [-0.2, 0) is 0 Å². The fourth-order valence-corrected chi connectivity index (χ4v) is 1.93. The SMILES string of the molecule is O=[N+]([O-])c1ccc(N=NC(=NNc2ccccc2F)c2ccccn2)nc1. The van der Waals surface area contributed by atoms with E-state index in [1.54, 1.807) is 36.5 Å². The van der Waals surface area contributed by atoms with E-state index in [1.165, 1.54) is 24.3 Å². The normalized spacial score (nSPS) is 11.5. The van der Waals surface area contributed by atoms with Crippen molar-refractivity contribution in [1.82, 2.24) is 9.97 Å². The van der Waals surface area contributed by atoms with Crippen LogP contribution in [0.1, 0.15) is 5.69 Å². The highest BCUT2D eigenvalue weighted by Gasteiger charge is 2.07. The lowest BCUT2D eigenvalue weighted by molar-refractivity contribution is -0.385. The first kappa shape index (κ1) is 17.7. The van der Waals surface area contributed by atoms with Gasteiger partial charge < -0.3 is 0 Å². The number of nitrogens with zero attached hydrogens (tertiary/aromatic N) is 6. The summed E-state index contributed by atoms with van der Waals surface area (Å²) in [6.45, 7) is 0. The number of pyridine rings is 2. The lowest BCUT2D eigenvalue weighted by Gasteiger charge is -2.03. The molecule has 0 atom stereocenters. The number of nitrogens with one attached hydrogen (secondary N) is 1. The second-order valence-electron chi connectivity index (χ2n) is 5.07. The summed E-state index contributed by atoms with van der Waals surface area (Å²) in [5, 5.41) is 22.6. The van der Waals surface area contributed by atoms with Crippen LogP contribution in [0.15, 0.2) is 82.3 Å². The molecular weight excluding hydrogens is 353 g/mol. The molecule has 9 nitrogen and oxygen atoms in total. The lowest BCUT2D eigenvalue weighted by atomic mass is 10.3. The molecule has 10 heteroatoms. The largest absolute Gasteiger partial charge is 0.287 e. The van der Waals surface area contributed by atoms with Crippen LogP contribution < -0.4 is 5.43 Å². The van der Waals surface area contributed by atoms with Crippen molar-refractivity contribution in [2.75, 3.05) is 5.43 Å². The molecule has 134 valence electrons. The van der Waals surface area contributed by atoms with Gasteiger partial charge in [-0.15, -0.1) is 10.2 Å². The van der Waals surface area contributed by atoms with E-state index >= 15 is 0 Å². The molecule has 3 rings (SSSR count). The summed E-state index contributed by atoms with van der Waals surface area (Å²) in [5.41, 5.74) is 2.98. The smallest absolute Gasteiger partial charge is 0.273 e. The van der Waals surface area contributed by atoms with Crippen molar-refractivity contribution < 1.29 is 9.31 Å². The molecule has 2 heterocycles. The van der Waals surface area contributed by atoms with Crippen LogP contribution in [-0.4, -0.2) is 20.7 Å². The quantitative estimate of drug-likeness (QED) is 0.240. The Labute approximate surface area is 152 Å². The van der Waals surface area contributed by atoms with Gasteiger partial charge in [0.15, 0.2) is 5.82 Å². The maximum Gasteiger partial charge on any atom is 0.287 e. The zero-order valence-corrected chi connectivity index (χ0v) is 13.7. The molecule has 0 aliphatic heterocycles. The van der Waals surface area contributed by atoms with Crippen LogP contribution in [0.4, 0.5) is 21.6 Å². The molecule has 27 heavy (non-hydrogen) atoms. The minimum Gasteiger partial charge on any atom is -0.273 e. The van der Waals surface area contributed by atoms with Crippen molar-refractivity contribution in [3.05, 3.63) is 88.6 Å². The van der Waals surface area contributed by atoms with Gasteiger partial charge in [-0.2, -0.15) is 5.10 Å². The Morgan fingerprint density at radius 1 is 1.07 bits per heavy atom. The molecule has 1 aromatic carbocycles. The number of rotatable bonds is 5. The summed E-state index contributed by atoms with van der Waals surface area (Å²) in [5.74, 6) is -0.246. The fraction of sp³-hybridized carbons (Fsp3) is 0. The molecule has 0 aliphatic carbocycles. The molecular formula is C17H12FN7O2. The molecule has 0 saturated heterocycles. The Morgan fingerprint density at radius 3 is 2.56 bits per heavy atom. The minimum absolute atomic E-state index is 0.0824. The van der Waals surface area contributed by atoms with Crippen molar-refractivity contribution in [3.8, 4) is 0 Å². The Bertz CT molecular complexity index is 992. The number of anilines is 1. The number of hydrazone groups is 1. The van der Waals surface area contributed by atoms with Gasteiger partial charge in [-0.05, 0) is 30.3 Å². The fourth-order valence-electron chi connectivity index (χ4n) is 1.93. The zero-order valence-electron chi connectivity index (χ0n) is 13.7. The number of para-hydroxylation sites is 1. The van der Waals surface area contributed by atoms with Crippen molar-refractivity contribution in [3.63, 3.8) is 0 Å². The minimum atomic E-state index is -0.562. The highest BCUT2D eigenvalue weighted by molar-refractivity contribution is 5.97. The van der Waals surface area contributed by atoms with Crippen LogP contribution in [0.2, 0.25) is 0 Å². The predicted molar refractivity (Wildman–Crippen MR) is 96.2 cm³/mol. The molecule has 0 bridgehead atoms. The van der Waals surface area contributed by atoms with Gasteiger partial charge in [0.2, 0.25) is 5.84 Å². The van der Waals surface area contributed by atoms with E-state index in [-0.39, 0.29) is 23.0 Å². The Hall–Kier alpha value is -4.08. The number of hydrogen-bond donors (Lipinski definition) is 1. The second-order valence-corrected chi connectivity index (χ2v) is 5.07. The van der Waals surface area contributed by atoms with E-state index in [9.17, 15) is 14.5 Å². The molecule has 0 radical (unpaired) electrons. The molecule has 1 N–H and O–H groups in total. The molecule has 0 saturated carbocycles. The van der Waals surface area contributed by atoms with Gasteiger partial charge >= 0.3 is 0 Å². The molecule has 0 amide bonds.